The van der Waals surface area contributed by atoms with Crippen LogP contribution >= 0.6 is 0 Å². The second-order valence-electron chi connectivity index (χ2n) is 9.69. The lowest BCUT2D eigenvalue weighted by molar-refractivity contribution is 0.252. The van der Waals surface area contributed by atoms with E-state index in [0.717, 1.165) is 99.7 Å². The molecule has 2 aliphatic rings. The lowest BCUT2D eigenvalue weighted by Crippen LogP contribution is -2.46. The molecule has 174 valence electrons. The van der Waals surface area contributed by atoms with Crippen molar-refractivity contribution >= 4 is 16.7 Å². The van der Waals surface area contributed by atoms with Gasteiger partial charge in [-0.25, -0.2) is 9.97 Å². The summed E-state index contributed by atoms with van der Waals surface area (Å²) < 4.78 is 1.80. The summed E-state index contributed by atoms with van der Waals surface area (Å²) in [5.41, 5.74) is 3.27. The van der Waals surface area contributed by atoms with E-state index in [2.05, 4.69) is 53.1 Å². The molecule has 6 heteroatoms. The van der Waals surface area contributed by atoms with Crippen molar-refractivity contribution in [2.45, 2.75) is 51.4 Å². The van der Waals surface area contributed by atoms with Crippen LogP contribution in [0.5, 0.6) is 0 Å². The number of aromatic nitrogens is 3. The third kappa shape index (κ3) is 4.67. The molecule has 1 unspecified atom stereocenters. The molecule has 1 fully saturated rings. The number of hydrogen-bond donors (Lipinski definition) is 0. The average molecular weight is 446 g/mol. The summed E-state index contributed by atoms with van der Waals surface area (Å²) in [6.45, 7) is 7.45. The van der Waals surface area contributed by atoms with Crippen molar-refractivity contribution in [3.05, 3.63) is 63.8 Å². The molecular formula is C27H35N5O. The zero-order valence-electron chi connectivity index (χ0n) is 20.0. The van der Waals surface area contributed by atoms with E-state index in [1.165, 1.54) is 5.39 Å². The fourth-order valence-electron chi connectivity index (χ4n) is 5.39. The number of rotatable bonds is 6. The van der Waals surface area contributed by atoms with Crippen LogP contribution in [-0.2, 0) is 19.9 Å². The van der Waals surface area contributed by atoms with Crippen LogP contribution in [-0.4, -0.2) is 52.2 Å². The van der Waals surface area contributed by atoms with Gasteiger partial charge in [0, 0.05) is 50.6 Å². The molecule has 2 aromatic heterocycles. The van der Waals surface area contributed by atoms with Crippen molar-refractivity contribution in [1.82, 2.24) is 19.4 Å². The van der Waals surface area contributed by atoms with E-state index in [-0.39, 0.29) is 5.56 Å². The summed E-state index contributed by atoms with van der Waals surface area (Å²) in [7, 11) is 1.90. The highest BCUT2D eigenvalue weighted by molar-refractivity contribution is 5.80. The van der Waals surface area contributed by atoms with Crippen LogP contribution in [0.1, 0.15) is 55.6 Å². The normalized spacial score (nSPS) is 19.1. The van der Waals surface area contributed by atoms with Gasteiger partial charge in [0.15, 0.2) is 0 Å². The average Bonchev–Trinajstić information content (AvgIpc) is 2.84. The van der Waals surface area contributed by atoms with Crippen molar-refractivity contribution in [3.63, 3.8) is 0 Å². The van der Waals surface area contributed by atoms with E-state index in [0.29, 0.717) is 5.92 Å². The van der Waals surface area contributed by atoms with Gasteiger partial charge in [0.1, 0.15) is 11.6 Å². The molecule has 33 heavy (non-hydrogen) atoms. The van der Waals surface area contributed by atoms with Crippen LogP contribution in [0, 0.1) is 0 Å². The van der Waals surface area contributed by atoms with Crippen molar-refractivity contribution < 1.29 is 0 Å². The lowest BCUT2D eigenvalue weighted by atomic mass is 9.87. The number of fused-ring (bicyclic) bond motifs is 2. The Labute approximate surface area is 196 Å². The minimum Gasteiger partial charge on any atom is -0.354 e. The number of para-hydroxylation sites is 1. The van der Waals surface area contributed by atoms with Gasteiger partial charge in [0.25, 0.3) is 5.56 Å². The van der Waals surface area contributed by atoms with Crippen molar-refractivity contribution in [3.8, 4) is 0 Å². The predicted octanol–water partition coefficient (Wildman–Crippen LogP) is 3.91. The molecule has 0 N–H and O–H groups in total. The molecule has 1 aliphatic heterocycles. The largest absolute Gasteiger partial charge is 0.354 e. The van der Waals surface area contributed by atoms with Crippen LogP contribution < -0.4 is 10.5 Å². The maximum absolute atomic E-state index is 12.8. The molecule has 0 saturated carbocycles. The fourth-order valence-corrected chi connectivity index (χ4v) is 5.39. The van der Waals surface area contributed by atoms with E-state index in [1.807, 2.05) is 7.05 Å². The van der Waals surface area contributed by atoms with Crippen molar-refractivity contribution in [2.75, 3.05) is 37.6 Å². The zero-order valence-corrected chi connectivity index (χ0v) is 20.0. The fraction of sp³-hybridized carbons (Fsp3) is 0.519. The quantitative estimate of drug-likeness (QED) is 0.539. The summed E-state index contributed by atoms with van der Waals surface area (Å²) in [6.07, 6.45) is 6.30. The SMILES string of the molecule is CC1CCCc2nc(CCCCN3CCN(c4ccc5ccccc5n4)CC3)n(C)c(=O)c21. The van der Waals surface area contributed by atoms with E-state index in [1.54, 1.807) is 4.57 Å². The molecule has 1 saturated heterocycles. The Morgan fingerprint density at radius 3 is 2.67 bits per heavy atom. The van der Waals surface area contributed by atoms with Gasteiger partial charge < -0.3 is 4.90 Å². The first-order valence-corrected chi connectivity index (χ1v) is 12.5. The minimum atomic E-state index is 0.181. The number of hydrogen-bond acceptors (Lipinski definition) is 5. The highest BCUT2D eigenvalue weighted by Gasteiger charge is 2.23. The molecule has 0 spiro atoms. The molecule has 0 amide bonds. The summed E-state index contributed by atoms with van der Waals surface area (Å²) >= 11 is 0. The van der Waals surface area contributed by atoms with E-state index in [4.69, 9.17) is 9.97 Å². The molecule has 1 atom stereocenters. The summed E-state index contributed by atoms with van der Waals surface area (Å²) in [5.74, 6) is 2.39. The molecule has 5 rings (SSSR count). The van der Waals surface area contributed by atoms with E-state index < -0.39 is 0 Å². The van der Waals surface area contributed by atoms with Crippen LogP contribution in [0.3, 0.4) is 0 Å². The first-order valence-electron chi connectivity index (χ1n) is 12.5. The van der Waals surface area contributed by atoms with Gasteiger partial charge in [0.2, 0.25) is 0 Å². The summed E-state index contributed by atoms with van der Waals surface area (Å²) in [4.78, 5) is 27.6. The third-order valence-corrected chi connectivity index (χ3v) is 7.45. The number of nitrogens with zero attached hydrogens (tertiary/aromatic N) is 5. The second kappa shape index (κ2) is 9.64. The summed E-state index contributed by atoms with van der Waals surface area (Å²) in [6, 6.07) is 12.6. The number of unbranched alkanes of at least 4 members (excludes halogenated alkanes) is 1. The highest BCUT2D eigenvalue weighted by Crippen LogP contribution is 2.27. The van der Waals surface area contributed by atoms with Gasteiger partial charge in [-0.1, -0.05) is 25.1 Å². The zero-order chi connectivity index (χ0) is 22.8. The molecule has 0 bridgehead atoms. The Kier molecular flexibility index (Phi) is 6.45. The third-order valence-electron chi connectivity index (χ3n) is 7.45. The first-order chi connectivity index (χ1) is 16.1. The molecular weight excluding hydrogens is 410 g/mol. The second-order valence-corrected chi connectivity index (χ2v) is 9.69. The summed E-state index contributed by atoms with van der Waals surface area (Å²) in [5, 5.41) is 1.19. The molecule has 3 aromatic rings. The number of pyridine rings is 1. The monoisotopic (exact) mass is 445 g/mol. The van der Waals surface area contributed by atoms with Crippen molar-refractivity contribution in [1.29, 1.82) is 0 Å². The van der Waals surface area contributed by atoms with Gasteiger partial charge in [0.05, 0.1) is 11.2 Å². The van der Waals surface area contributed by atoms with E-state index in [9.17, 15) is 4.79 Å². The van der Waals surface area contributed by atoms with Crippen LogP contribution in [0.2, 0.25) is 0 Å². The van der Waals surface area contributed by atoms with Gasteiger partial charge in [-0.05, 0) is 62.8 Å². The number of anilines is 1. The first kappa shape index (κ1) is 22.1. The van der Waals surface area contributed by atoms with Crippen LogP contribution in [0.15, 0.2) is 41.2 Å². The lowest BCUT2D eigenvalue weighted by Gasteiger charge is -2.35. The van der Waals surface area contributed by atoms with Crippen molar-refractivity contribution in [2.24, 2.45) is 7.05 Å². The standard InChI is InChI=1S/C27H35N5O/c1-20-8-7-11-23-26(20)27(33)30(2)24(29-23)12-5-6-15-31-16-18-32(19-17-31)25-14-13-21-9-3-4-10-22(21)28-25/h3-4,9-10,13-14,20H,5-8,11-12,15-19H2,1-2H3. The Hall–Kier alpha value is -2.73. The van der Waals surface area contributed by atoms with Crippen LogP contribution in [0.4, 0.5) is 5.82 Å². The van der Waals surface area contributed by atoms with Gasteiger partial charge in [-0.15, -0.1) is 0 Å². The van der Waals surface area contributed by atoms with Gasteiger partial charge in [-0.3, -0.25) is 14.3 Å². The number of piperazine rings is 1. The molecule has 0 radical (unpaired) electrons. The maximum Gasteiger partial charge on any atom is 0.256 e. The number of aryl methyl sites for hydroxylation is 2. The Balaban J connectivity index is 1.11. The molecule has 1 aromatic carbocycles. The maximum atomic E-state index is 12.8. The smallest absolute Gasteiger partial charge is 0.256 e. The Morgan fingerprint density at radius 2 is 1.82 bits per heavy atom. The highest BCUT2D eigenvalue weighted by atomic mass is 16.1. The van der Waals surface area contributed by atoms with Gasteiger partial charge in [-0.2, -0.15) is 0 Å². The van der Waals surface area contributed by atoms with Crippen LogP contribution in [0.25, 0.3) is 10.9 Å². The predicted molar refractivity (Wildman–Crippen MR) is 134 cm³/mol. The van der Waals surface area contributed by atoms with E-state index >= 15 is 0 Å². The Bertz CT molecular complexity index is 1180. The Morgan fingerprint density at radius 1 is 1.00 bits per heavy atom. The molecule has 6 nitrogen and oxygen atoms in total. The number of benzene rings is 1. The van der Waals surface area contributed by atoms with Gasteiger partial charge >= 0.3 is 0 Å². The minimum absolute atomic E-state index is 0.181. The molecule has 3 heterocycles. The topological polar surface area (TPSA) is 54.3 Å². The molecule has 1 aliphatic carbocycles.